The Hall–Kier alpha value is -1.03. The van der Waals surface area contributed by atoms with Gasteiger partial charge in [-0.25, -0.2) is 4.79 Å². The van der Waals surface area contributed by atoms with Gasteiger partial charge in [0.25, 0.3) is 0 Å². The van der Waals surface area contributed by atoms with Crippen LogP contribution in [0.4, 0.5) is 4.79 Å². The maximum absolute atomic E-state index is 9.85. The largest absolute Gasteiger partial charge is 0.463 e. The highest BCUT2D eigenvalue weighted by atomic mass is 16.6. The third kappa shape index (κ3) is 3.54. The Morgan fingerprint density at radius 2 is 2.33 bits per heavy atom. The molecule has 0 aliphatic carbocycles. The summed E-state index contributed by atoms with van der Waals surface area (Å²) in [5.41, 5.74) is 0. The van der Waals surface area contributed by atoms with Crippen molar-refractivity contribution in [3.05, 3.63) is 12.2 Å². The van der Waals surface area contributed by atoms with Gasteiger partial charge in [-0.3, -0.25) is 5.21 Å². The quantitative estimate of drug-likeness (QED) is 0.333. The molecule has 0 rings (SSSR count). The average molecular weight is 131 g/mol. The SMILES string of the molecule is CC=CCN(O)C(=O)O. The molecule has 52 valence electrons. The molecule has 0 unspecified atom stereocenters. The number of hydrogen-bond acceptors (Lipinski definition) is 2. The van der Waals surface area contributed by atoms with Crippen molar-refractivity contribution in [2.24, 2.45) is 0 Å². The van der Waals surface area contributed by atoms with Crippen molar-refractivity contribution < 1.29 is 15.1 Å². The molecule has 0 atom stereocenters. The molecule has 0 spiro atoms. The predicted molar refractivity (Wildman–Crippen MR) is 31.3 cm³/mol. The molecule has 0 aliphatic rings. The molecule has 0 saturated carbocycles. The van der Waals surface area contributed by atoms with Crippen LogP contribution >= 0.6 is 0 Å². The fourth-order valence-corrected chi connectivity index (χ4v) is 0.283. The number of nitrogens with zero attached hydrogens (tertiary/aromatic N) is 1. The molecule has 4 nitrogen and oxygen atoms in total. The van der Waals surface area contributed by atoms with Gasteiger partial charge in [-0.1, -0.05) is 12.2 Å². The maximum atomic E-state index is 9.85. The lowest BCUT2D eigenvalue weighted by Crippen LogP contribution is -2.25. The molecule has 0 aromatic rings. The molecule has 0 heterocycles. The van der Waals surface area contributed by atoms with E-state index in [1.54, 1.807) is 13.0 Å². The van der Waals surface area contributed by atoms with Gasteiger partial charge in [0.1, 0.15) is 0 Å². The summed E-state index contributed by atoms with van der Waals surface area (Å²) in [5, 5.41) is 16.7. The monoisotopic (exact) mass is 131 g/mol. The Labute approximate surface area is 53.0 Å². The van der Waals surface area contributed by atoms with Crippen molar-refractivity contribution in [1.29, 1.82) is 0 Å². The second-order valence-corrected chi connectivity index (χ2v) is 1.43. The van der Waals surface area contributed by atoms with Gasteiger partial charge in [-0.15, -0.1) is 0 Å². The summed E-state index contributed by atoms with van der Waals surface area (Å²) in [6.07, 6.45) is 1.85. The molecule has 4 heteroatoms. The summed E-state index contributed by atoms with van der Waals surface area (Å²) in [4.78, 5) is 9.85. The number of allylic oxidation sites excluding steroid dienone is 1. The third-order valence-corrected chi connectivity index (χ3v) is 0.735. The van der Waals surface area contributed by atoms with E-state index in [1.165, 1.54) is 6.08 Å². The highest BCUT2D eigenvalue weighted by molar-refractivity contribution is 5.63. The third-order valence-electron chi connectivity index (χ3n) is 0.735. The van der Waals surface area contributed by atoms with Gasteiger partial charge in [-0.05, 0) is 6.92 Å². The van der Waals surface area contributed by atoms with E-state index in [-0.39, 0.29) is 11.6 Å². The molecular formula is C5H9NO3. The second-order valence-electron chi connectivity index (χ2n) is 1.43. The number of carboxylic acid groups (broad SMARTS) is 1. The Morgan fingerprint density at radius 3 is 2.67 bits per heavy atom. The van der Waals surface area contributed by atoms with Gasteiger partial charge in [0, 0.05) is 0 Å². The lowest BCUT2D eigenvalue weighted by molar-refractivity contribution is -0.0542. The van der Waals surface area contributed by atoms with Crippen LogP contribution in [-0.2, 0) is 0 Å². The Bertz CT molecular complexity index is 121. The second kappa shape index (κ2) is 3.91. The number of rotatable bonds is 2. The van der Waals surface area contributed by atoms with Gasteiger partial charge < -0.3 is 5.11 Å². The van der Waals surface area contributed by atoms with Crippen LogP contribution < -0.4 is 0 Å². The lowest BCUT2D eigenvalue weighted by Gasteiger charge is -2.05. The Morgan fingerprint density at radius 1 is 1.78 bits per heavy atom. The number of hydroxylamine groups is 2. The summed E-state index contributed by atoms with van der Waals surface area (Å²) in [5.74, 6) is 0. The van der Waals surface area contributed by atoms with Crippen molar-refractivity contribution >= 4 is 6.09 Å². The van der Waals surface area contributed by atoms with Crippen LogP contribution in [0.1, 0.15) is 6.92 Å². The van der Waals surface area contributed by atoms with Crippen LogP contribution in [0.3, 0.4) is 0 Å². The van der Waals surface area contributed by atoms with E-state index in [4.69, 9.17) is 10.3 Å². The molecular weight excluding hydrogens is 122 g/mol. The van der Waals surface area contributed by atoms with Gasteiger partial charge in [-0.2, -0.15) is 5.06 Å². The maximum Gasteiger partial charge on any atom is 0.431 e. The molecule has 0 aromatic carbocycles. The molecule has 0 saturated heterocycles. The fraction of sp³-hybridized carbons (Fsp3) is 0.400. The van der Waals surface area contributed by atoms with Crippen molar-refractivity contribution in [3.63, 3.8) is 0 Å². The smallest absolute Gasteiger partial charge is 0.431 e. The first-order chi connectivity index (χ1) is 4.18. The fourth-order valence-electron chi connectivity index (χ4n) is 0.283. The summed E-state index contributed by atoms with van der Waals surface area (Å²) in [7, 11) is 0. The minimum Gasteiger partial charge on any atom is -0.463 e. The van der Waals surface area contributed by atoms with Crippen LogP contribution in [-0.4, -0.2) is 28.0 Å². The van der Waals surface area contributed by atoms with Crippen molar-refractivity contribution in [2.45, 2.75) is 6.92 Å². The van der Waals surface area contributed by atoms with Gasteiger partial charge in [0.15, 0.2) is 0 Å². The van der Waals surface area contributed by atoms with Crippen LogP contribution in [0.15, 0.2) is 12.2 Å². The zero-order valence-corrected chi connectivity index (χ0v) is 5.11. The predicted octanol–water partition coefficient (Wildman–Crippen LogP) is 0.932. The normalized spacial score (nSPS) is 10.0. The minimum atomic E-state index is -1.34. The summed E-state index contributed by atoms with van der Waals surface area (Å²) < 4.78 is 0. The van der Waals surface area contributed by atoms with Crippen LogP contribution in [0.2, 0.25) is 0 Å². The van der Waals surface area contributed by atoms with E-state index in [9.17, 15) is 4.79 Å². The molecule has 9 heavy (non-hydrogen) atoms. The van der Waals surface area contributed by atoms with E-state index in [2.05, 4.69) is 0 Å². The van der Waals surface area contributed by atoms with Crippen LogP contribution in [0, 0.1) is 0 Å². The zero-order chi connectivity index (χ0) is 7.28. The lowest BCUT2D eigenvalue weighted by atomic mass is 10.5. The highest BCUT2D eigenvalue weighted by Gasteiger charge is 2.02. The standard InChI is InChI=1S/C5H9NO3/c1-2-3-4-6(9)5(7)8/h2-3,9H,4H2,1H3,(H,7,8). The van der Waals surface area contributed by atoms with Crippen molar-refractivity contribution in [1.82, 2.24) is 5.06 Å². The summed E-state index contributed by atoms with van der Waals surface area (Å²) >= 11 is 0. The van der Waals surface area contributed by atoms with E-state index in [0.717, 1.165) is 0 Å². The Kier molecular flexibility index (Phi) is 3.46. The average Bonchev–Trinajstić information content (AvgIpc) is 1.82. The molecule has 0 aliphatic heterocycles. The highest BCUT2D eigenvalue weighted by Crippen LogP contribution is 1.82. The molecule has 0 radical (unpaired) electrons. The first-order valence-corrected chi connectivity index (χ1v) is 2.49. The number of carbonyl (C=O) groups is 1. The number of hydrogen-bond donors (Lipinski definition) is 2. The van der Waals surface area contributed by atoms with Crippen molar-refractivity contribution in [2.75, 3.05) is 6.54 Å². The van der Waals surface area contributed by atoms with E-state index in [1.807, 2.05) is 0 Å². The first kappa shape index (κ1) is 7.97. The molecule has 0 aromatic heterocycles. The molecule has 1 amide bonds. The van der Waals surface area contributed by atoms with Crippen LogP contribution in [0.25, 0.3) is 0 Å². The van der Waals surface area contributed by atoms with Crippen molar-refractivity contribution in [3.8, 4) is 0 Å². The van der Waals surface area contributed by atoms with Gasteiger partial charge >= 0.3 is 6.09 Å². The van der Waals surface area contributed by atoms with E-state index >= 15 is 0 Å². The molecule has 2 N–H and O–H groups in total. The first-order valence-electron chi connectivity index (χ1n) is 2.49. The van der Waals surface area contributed by atoms with Gasteiger partial charge in [0.2, 0.25) is 0 Å². The summed E-state index contributed by atoms with van der Waals surface area (Å²) in [6.45, 7) is 1.77. The zero-order valence-electron chi connectivity index (χ0n) is 5.11. The summed E-state index contributed by atoms with van der Waals surface area (Å²) in [6, 6.07) is 0. The molecule has 0 bridgehead atoms. The van der Waals surface area contributed by atoms with E-state index in [0.29, 0.717) is 0 Å². The molecule has 0 fully saturated rings. The van der Waals surface area contributed by atoms with E-state index < -0.39 is 6.09 Å². The topological polar surface area (TPSA) is 60.8 Å². The van der Waals surface area contributed by atoms with Crippen LogP contribution in [0.5, 0.6) is 0 Å². The Balaban J connectivity index is 3.50. The minimum absolute atomic E-state index is 0.0197. The van der Waals surface area contributed by atoms with Gasteiger partial charge in [0.05, 0.1) is 6.54 Å². The number of amides is 1.